The summed E-state index contributed by atoms with van der Waals surface area (Å²) >= 11 is 0. The Kier molecular flexibility index (Phi) is 3.74. The number of amides is 1. The highest BCUT2D eigenvalue weighted by molar-refractivity contribution is 6.08. The molecule has 4 atom stereocenters. The maximum atomic E-state index is 13.1. The van der Waals surface area contributed by atoms with Gasteiger partial charge in [-0.1, -0.05) is 30.3 Å². The van der Waals surface area contributed by atoms with Crippen LogP contribution in [0.5, 0.6) is 0 Å². The number of hydrogen-bond donors (Lipinski definition) is 1. The van der Waals surface area contributed by atoms with Gasteiger partial charge in [-0.05, 0) is 19.4 Å². The molecule has 1 aliphatic heterocycles. The van der Waals surface area contributed by atoms with E-state index in [1.807, 2.05) is 18.2 Å². The molecule has 1 aromatic rings. The van der Waals surface area contributed by atoms with E-state index in [4.69, 9.17) is 4.74 Å². The summed E-state index contributed by atoms with van der Waals surface area (Å²) in [6, 6.07) is 14.5. The molecule has 4 unspecified atom stereocenters. The molecular formula is C19H16N4O3. The van der Waals surface area contributed by atoms with Crippen LogP contribution < -0.4 is 5.32 Å². The summed E-state index contributed by atoms with van der Waals surface area (Å²) in [6.07, 6.45) is 0. The van der Waals surface area contributed by atoms with Crippen LogP contribution in [-0.4, -0.2) is 24.0 Å². The van der Waals surface area contributed by atoms with Crippen molar-refractivity contribution in [1.82, 2.24) is 5.32 Å². The highest BCUT2D eigenvalue weighted by atomic mass is 16.5. The number of rotatable bonds is 4. The van der Waals surface area contributed by atoms with Crippen molar-refractivity contribution >= 4 is 11.9 Å². The average molecular weight is 348 g/mol. The zero-order chi connectivity index (χ0) is 19.2. The molecule has 2 fully saturated rings. The first kappa shape index (κ1) is 17.5. The van der Waals surface area contributed by atoms with E-state index in [-0.39, 0.29) is 6.61 Å². The summed E-state index contributed by atoms with van der Waals surface area (Å²) in [7, 11) is 0. The van der Waals surface area contributed by atoms with Gasteiger partial charge in [0.05, 0.1) is 30.4 Å². The Morgan fingerprint density at radius 1 is 1.27 bits per heavy atom. The van der Waals surface area contributed by atoms with Crippen LogP contribution in [0.25, 0.3) is 0 Å². The van der Waals surface area contributed by atoms with Crippen molar-refractivity contribution in [1.29, 1.82) is 15.8 Å². The van der Waals surface area contributed by atoms with Crippen molar-refractivity contribution in [3.05, 3.63) is 35.9 Å². The summed E-state index contributed by atoms with van der Waals surface area (Å²) in [4.78, 5) is 25.9. The van der Waals surface area contributed by atoms with Gasteiger partial charge in [-0.3, -0.25) is 9.59 Å². The van der Waals surface area contributed by atoms with Crippen LogP contribution in [0.2, 0.25) is 0 Å². The van der Waals surface area contributed by atoms with Crippen LogP contribution in [0.4, 0.5) is 0 Å². The summed E-state index contributed by atoms with van der Waals surface area (Å²) in [6.45, 7) is 3.15. The third-order valence-corrected chi connectivity index (χ3v) is 5.70. The zero-order valence-electron chi connectivity index (χ0n) is 14.3. The second-order valence-corrected chi connectivity index (χ2v) is 6.64. The molecule has 0 aromatic heterocycles. The number of fused-ring (bicyclic) bond motifs is 1. The maximum Gasteiger partial charge on any atom is 0.317 e. The Hall–Kier alpha value is -3.37. The molecule has 0 bridgehead atoms. The number of carbonyl (C=O) groups excluding carboxylic acids is 2. The van der Waals surface area contributed by atoms with Gasteiger partial charge < -0.3 is 10.1 Å². The molecule has 1 aliphatic carbocycles. The fourth-order valence-corrected chi connectivity index (χ4v) is 4.60. The molecule has 0 radical (unpaired) electrons. The number of carbonyl (C=O) groups is 2. The maximum absolute atomic E-state index is 13.1. The third-order valence-electron chi connectivity index (χ3n) is 5.70. The SMILES string of the molecule is CCOC(=O)C12C(c3ccccc3)C1(C#N)C(=O)NC2(C)C(C#N)C#N. The number of piperidine rings is 1. The minimum Gasteiger partial charge on any atom is -0.465 e. The van der Waals surface area contributed by atoms with Crippen LogP contribution in [-0.2, 0) is 14.3 Å². The van der Waals surface area contributed by atoms with E-state index in [0.29, 0.717) is 5.56 Å². The Bertz CT molecular complexity index is 895. The molecule has 1 aromatic carbocycles. The Labute approximate surface area is 150 Å². The lowest BCUT2D eigenvalue weighted by Gasteiger charge is -2.35. The normalized spacial score (nSPS) is 34.0. The third kappa shape index (κ3) is 1.64. The predicted molar refractivity (Wildman–Crippen MR) is 87.6 cm³/mol. The van der Waals surface area contributed by atoms with Crippen LogP contribution in [0.3, 0.4) is 0 Å². The smallest absolute Gasteiger partial charge is 0.317 e. The molecule has 1 saturated carbocycles. The molecule has 0 spiro atoms. The van der Waals surface area contributed by atoms with E-state index in [2.05, 4.69) is 5.32 Å². The van der Waals surface area contributed by atoms with Crippen molar-refractivity contribution in [3.63, 3.8) is 0 Å². The first-order valence-electron chi connectivity index (χ1n) is 8.17. The molecule has 1 saturated heterocycles. The fraction of sp³-hybridized carbons (Fsp3) is 0.421. The average Bonchev–Trinajstić information content (AvgIpc) is 3.24. The van der Waals surface area contributed by atoms with E-state index in [9.17, 15) is 25.4 Å². The van der Waals surface area contributed by atoms with E-state index < -0.39 is 40.1 Å². The van der Waals surface area contributed by atoms with E-state index in [0.717, 1.165) is 0 Å². The van der Waals surface area contributed by atoms with Gasteiger partial charge in [-0.15, -0.1) is 0 Å². The Balaban J connectivity index is 2.31. The Morgan fingerprint density at radius 3 is 2.38 bits per heavy atom. The quantitative estimate of drug-likeness (QED) is 0.819. The summed E-state index contributed by atoms with van der Waals surface area (Å²) in [5.41, 5.74) is -4.27. The first-order chi connectivity index (χ1) is 12.4. The van der Waals surface area contributed by atoms with Gasteiger partial charge in [0.2, 0.25) is 5.91 Å². The second kappa shape index (κ2) is 5.58. The van der Waals surface area contributed by atoms with Gasteiger partial charge in [-0.2, -0.15) is 15.8 Å². The number of nitrogens with one attached hydrogen (secondary N) is 1. The lowest BCUT2D eigenvalue weighted by molar-refractivity contribution is -0.154. The number of benzene rings is 1. The molecular weight excluding hydrogens is 332 g/mol. The zero-order valence-corrected chi connectivity index (χ0v) is 14.3. The van der Waals surface area contributed by atoms with E-state index >= 15 is 0 Å². The second-order valence-electron chi connectivity index (χ2n) is 6.64. The lowest BCUT2D eigenvalue weighted by Crippen LogP contribution is -2.56. The van der Waals surface area contributed by atoms with Crippen molar-refractivity contribution in [2.75, 3.05) is 6.61 Å². The van der Waals surface area contributed by atoms with Gasteiger partial charge in [0, 0.05) is 5.92 Å². The van der Waals surface area contributed by atoms with Gasteiger partial charge in [0.15, 0.2) is 11.3 Å². The molecule has 2 aliphatic rings. The van der Waals surface area contributed by atoms with Crippen molar-refractivity contribution in [2.24, 2.45) is 16.7 Å². The van der Waals surface area contributed by atoms with Gasteiger partial charge in [0.25, 0.3) is 0 Å². The van der Waals surface area contributed by atoms with Crippen molar-refractivity contribution in [3.8, 4) is 18.2 Å². The number of esters is 1. The van der Waals surface area contributed by atoms with Crippen LogP contribution >= 0.6 is 0 Å². The van der Waals surface area contributed by atoms with Crippen LogP contribution in [0, 0.1) is 50.7 Å². The largest absolute Gasteiger partial charge is 0.465 e. The molecule has 130 valence electrons. The summed E-state index contributed by atoms with van der Waals surface area (Å²) < 4.78 is 5.23. The number of nitriles is 3. The topological polar surface area (TPSA) is 127 Å². The summed E-state index contributed by atoms with van der Waals surface area (Å²) in [5.74, 6) is -3.50. The van der Waals surface area contributed by atoms with Gasteiger partial charge in [-0.25, -0.2) is 0 Å². The first-order valence-corrected chi connectivity index (χ1v) is 8.17. The van der Waals surface area contributed by atoms with Gasteiger partial charge in [0.1, 0.15) is 5.41 Å². The predicted octanol–water partition coefficient (Wildman–Crippen LogP) is 1.40. The lowest BCUT2D eigenvalue weighted by atomic mass is 9.71. The van der Waals surface area contributed by atoms with Crippen molar-refractivity contribution < 1.29 is 14.3 Å². The fourth-order valence-electron chi connectivity index (χ4n) is 4.60. The van der Waals surface area contributed by atoms with Crippen LogP contribution in [0.15, 0.2) is 30.3 Å². The van der Waals surface area contributed by atoms with E-state index in [1.165, 1.54) is 6.92 Å². The molecule has 1 heterocycles. The minimum atomic E-state index is -1.71. The van der Waals surface area contributed by atoms with E-state index in [1.54, 1.807) is 37.3 Å². The molecule has 1 amide bonds. The molecule has 26 heavy (non-hydrogen) atoms. The monoisotopic (exact) mass is 348 g/mol. The standard InChI is InChI=1S/C19H16N4O3/c1-3-26-16(25)19-14(12-7-5-4-6-8-12)18(19,11-22)15(24)23-17(19,2)13(9-20)10-21/h4-8,13-14H,3H2,1-2H3,(H,23,24). The number of ether oxygens (including phenoxy) is 1. The number of nitrogens with zero attached hydrogens (tertiary/aromatic N) is 3. The number of hydrogen-bond acceptors (Lipinski definition) is 6. The minimum absolute atomic E-state index is 0.0532. The molecule has 7 nitrogen and oxygen atoms in total. The molecule has 7 heteroatoms. The molecule has 1 N–H and O–H groups in total. The highest BCUT2D eigenvalue weighted by Gasteiger charge is 2.96. The van der Waals surface area contributed by atoms with Crippen LogP contribution in [0.1, 0.15) is 25.3 Å². The van der Waals surface area contributed by atoms with Gasteiger partial charge >= 0.3 is 5.97 Å². The van der Waals surface area contributed by atoms with Crippen molar-refractivity contribution in [2.45, 2.75) is 25.3 Å². The highest BCUT2D eigenvalue weighted by Crippen LogP contribution is 2.82. The Morgan fingerprint density at radius 2 is 1.88 bits per heavy atom. The summed E-state index contributed by atoms with van der Waals surface area (Å²) in [5, 5.41) is 31.4. The molecule has 3 rings (SSSR count).